The minimum absolute atomic E-state index is 0.205. The Morgan fingerprint density at radius 3 is 2.85 bits per heavy atom. The normalized spacial score (nSPS) is 17.6. The summed E-state index contributed by atoms with van der Waals surface area (Å²) in [6.07, 6.45) is 3.54. The van der Waals surface area contributed by atoms with Crippen LogP contribution in [0.3, 0.4) is 0 Å². The molecule has 0 saturated heterocycles. The fourth-order valence-electron chi connectivity index (χ4n) is 2.96. The highest BCUT2D eigenvalue weighted by Crippen LogP contribution is 2.33. The van der Waals surface area contributed by atoms with Gasteiger partial charge in [0.1, 0.15) is 5.82 Å². The van der Waals surface area contributed by atoms with E-state index in [0.29, 0.717) is 11.6 Å². The van der Waals surface area contributed by atoms with E-state index in [2.05, 4.69) is 45.5 Å². The molecule has 0 spiro atoms. The molecule has 0 aromatic heterocycles. The number of hydrogen-bond acceptors (Lipinski definition) is 1. The Morgan fingerprint density at radius 2 is 2.00 bits per heavy atom. The number of rotatable bonds is 3. The van der Waals surface area contributed by atoms with Gasteiger partial charge in [0.05, 0.1) is 5.69 Å². The topological polar surface area (TPSA) is 12.0 Å². The minimum Gasteiger partial charge on any atom is -0.381 e. The van der Waals surface area contributed by atoms with Gasteiger partial charge in [0.15, 0.2) is 0 Å². The number of fused-ring (bicyclic) bond motifs is 1. The number of benzene rings is 2. The maximum Gasteiger partial charge on any atom is 0.147 e. The Balaban J connectivity index is 1.77. The third-order valence-electron chi connectivity index (χ3n) is 3.98. The van der Waals surface area contributed by atoms with E-state index < -0.39 is 0 Å². The molecular weight excluding hydrogens is 317 g/mol. The first-order chi connectivity index (χ1) is 9.75. The van der Waals surface area contributed by atoms with Crippen LogP contribution >= 0.6 is 15.9 Å². The van der Waals surface area contributed by atoms with E-state index in [1.54, 1.807) is 6.07 Å². The lowest BCUT2D eigenvalue weighted by Gasteiger charge is -2.26. The average Bonchev–Trinajstić information content (AvgIpc) is 2.47. The van der Waals surface area contributed by atoms with Crippen molar-refractivity contribution < 1.29 is 4.39 Å². The molecule has 20 heavy (non-hydrogen) atoms. The summed E-state index contributed by atoms with van der Waals surface area (Å²) >= 11 is 3.40. The lowest BCUT2D eigenvalue weighted by atomic mass is 9.83. The molecule has 0 amide bonds. The molecule has 3 rings (SSSR count). The van der Waals surface area contributed by atoms with Crippen molar-refractivity contribution in [1.82, 2.24) is 0 Å². The van der Waals surface area contributed by atoms with Crippen LogP contribution < -0.4 is 5.32 Å². The van der Waals surface area contributed by atoms with Crippen LogP contribution in [-0.2, 0) is 6.42 Å². The molecule has 0 bridgehead atoms. The molecule has 1 N–H and O–H groups in total. The molecule has 104 valence electrons. The summed E-state index contributed by atoms with van der Waals surface area (Å²) < 4.78 is 14.6. The van der Waals surface area contributed by atoms with Crippen LogP contribution in [0.25, 0.3) is 0 Å². The summed E-state index contributed by atoms with van der Waals surface area (Å²) in [6, 6.07) is 13.7. The summed E-state index contributed by atoms with van der Waals surface area (Å²) in [5.74, 6) is 0.259. The zero-order valence-corrected chi connectivity index (χ0v) is 12.8. The molecule has 0 saturated carbocycles. The Morgan fingerprint density at radius 1 is 1.15 bits per heavy atom. The second kappa shape index (κ2) is 5.96. The second-order valence-electron chi connectivity index (χ2n) is 5.27. The van der Waals surface area contributed by atoms with Gasteiger partial charge in [0.25, 0.3) is 0 Å². The van der Waals surface area contributed by atoms with E-state index in [1.807, 2.05) is 6.07 Å². The minimum atomic E-state index is -0.205. The van der Waals surface area contributed by atoms with Crippen LogP contribution in [-0.4, -0.2) is 6.54 Å². The largest absolute Gasteiger partial charge is 0.381 e. The second-order valence-corrected chi connectivity index (χ2v) is 6.12. The van der Waals surface area contributed by atoms with E-state index in [9.17, 15) is 4.39 Å². The molecule has 0 fully saturated rings. The van der Waals surface area contributed by atoms with Crippen molar-refractivity contribution in [3.05, 3.63) is 63.9 Å². The summed E-state index contributed by atoms with van der Waals surface area (Å²) in [5.41, 5.74) is 3.42. The van der Waals surface area contributed by atoms with Crippen molar-refractivity contribution in [2.45, 2.75) is 25.2 Å². The highest BCUT2D eigenvalue weighted by Gasteiger charge is 2.20. The van der Waals surface area contributed by atoms with E-state index in [0.717, 1.165) is 23.9 Å². The van der Waals surface area contributed by atoms with Crippen molar-refractivity contribution in [2.24, 2.45) is 0 Å². The van der Waals surface area contributed by atoms with Gasteiger partial charge in [-0.25, -0.2) is 4.39 Å². The molecule has 2 aromatic rings. The zero-order chi connectivity index (χ0) is 13.9. The van der Waals surface area contributed by atoms with Crippen LogP contribution in [0.5, 0.6) is 0 Å². The summed E-state index contributed by atoms with van der Waals surface area (Å²) in [6.45, 7) is 0.774. The van der Waals surface area contributed by atoms with Gasteiger partial charge in [0, 0.05) is 16.9 Å². The summed E-state index contributed by atoms with van der Waals surface area (Å²) in [4.78, 5) is 0. The van der Waals surface area contributed by atoms with E-state index in [-0.39, 0.29) is 5.82 Å². The summed E-state index contributed by atoms with van der Waals surface area (Å²) in [5, 5.41) is 3.27. The lowest BCUT2D eigenvalue weighted by molar-refractivity contribution is 0.568. The van der Waals surface area contributed by atoms with Crippen molar-refractivity contribution >= 4 is 21.6 Å². The van der Waals surface area contributed by atoms with E-state index in [4.69, 9.17) is 0 Å². The van der Waals surface area contributed by atoms with E-state index in [1.165, 1.54) is 23.6 Å². The number of para-hydroxylation sites is 1. The van der Waals surface area contributed by atoms with Gasteiger partial charge in [-0.05, 0) is 58.5 Å². The number of hydrogen-bond donors (Lipinski definition) is 1. The maximum atomic E-state index is 13.8. The molecule has 1 aliphatic carbocycles. The first-order valence-corrected chi connectivity index (χ1v) is 7.80. The highest BCUT2D eigenvalue weighted by atomic mass is 79.9. The van der Waals surface area contributed by atoms with Crippen molar-refractivity contribution in [3.8, 4) is 0 Å². The first-order valence-electron chi connectivity index (χ1n) is 7.01. The standard InChI is InChI=1S/C17H17BrFN/c18-15-9-4-10-16(19)17(15)20-11-13-7-3-6-12-5-1-2-8-14(12)13/h1-2,4-5,8-10,13,20H,3,6-7,11H2. The Kier molecular flexibility index (Phi) is 4.06. The van der Waals surface area contributed by atoms with Gasteiger partial charge in [-0.2, -0.15) is 0 Å². The highest BCUT2D eigenvalue weighted by molar-refractivity contribution is 9.10. The molecule has 2 aromatic carbocycles. The SMILES string of the molecule is Fc1cccc(Br)c1NCC1CCCc2ccccc21. The number of nitrogens with one attached hydrogen (secondary N) is 1. The Hall–Kier alpha value is -1.35. The Labute approximate surface area is 127 Å². The smallest absolute Gasteiger partial charge is 0.147 e. The molecule has 1 unspecified atom stereocenters. The fourth-order valence-corrected chi connectivity index (χ4v) is 3.44. The predicted octanol–water partition coefficient (Wildman–Crippen LogP) is 5.12. The average molecular weight is 334 g/mol. The number of halogens is 2. The fraction of sp³-hybridized carbons (Fsp3) is 0.294. The predicted molar refractivity (Wildman–Crippen MR) is 84.7 cm³/mol. The molecule has 0 radical (unpaired) electrons. The van der Waals surface area contributed by atoms with Crippen molar-refractivity contribution in [3.63, 3.8) is 0 Å². The molecule has 3 heteroatoms. The van der Waals surface area contributed by atoms with Crippen LogP contribution in [0.1, 0.15) is 29.9 Å². The molecule has 0 aliphatic heterocycles. The van der Waals surface area contributed by atoms with Gasteiger partial charge >= 0.3 is 0 Å². The number of aryl methyl sites for hydroxylation is 1. The lowest BCUT2D eigenvalue weighted by Crippen LogP contribution is -2.18. The van der Waals surface area contributed by atoms with Crippen LogP contribution in [0.4, 0.5) is 10.1 Å². The van der Waals surface area contributed by atoms with Gasteiger partial charge in [0.2, 0.25) is 0 Å². The van der Waals surface area contributed by atoms with Gasteiger partial charge < -0.3 is 5.32 Å². The van der Waals surface area contributed by atoms with Gasteiger partial charge in [-0.15, -0.1) is 0 Å². The van der Waals surface area contributed by atoms with Gasteiger partial charge in [-0.3, -0.25) is 0 Å². The molecule has 0 heterocycles. The van der Waals surface area contributed by atoms with Crippen LogP contribution in [0.15, 0.2) is 46.9 Å². The van der Waals surface area contributed by atoms with Gasteiger partial charge in [-0.1, -0.05) is 30.3 Å². The first kappa shape index (κ1) is 13.6. The third kappa shape index (κ3) is 2.73. The molecular formula is C17H17BrFN. The summed E-state index contributed by atoms with van der Waals surface area (Å²) in [7, 11) is 0. The van der Waals surface area contributed by atoms with Crippen molar-refractivity contribution in [2.75, 3.05) is 11.9 Å². The van der Waals surface area contributed by atoms with Crippen molar-refractivity contribution in [1.29, 1.82) is 0 Å². The third-order valence-corrected chi connectivity index (χ3v) is 4.64. The quantitative estimate of drug-likeness (QED) is 0.821. The van der Waals surface area contributed by atoms with Crippen LogP contribution in [0, 0.1) is 5.82 Å². The molecule has 1 aliphatic rings. The monoisotopic (exact) mass is 333 g/mol. The number of anilines is 1. The molecule has 1 atom stereocenters. The Bertz CT molecular complexity index is 591. The maximum absolute atomic E-state index is 13.8. The molecule has 1 nitrogen and oxygen atoms in total. The zero-order valence-electron chi connectivity index (χ0n) is 11.2. The van der Waals surface area contributed by atoms with E-state index >= 15 is 0 Å². The van der Waals surface area contributed by atoms with Crippen LogP contribution in [0.2, 0.25) is 0 Å².